The van der Waals surface area contributed by atoms with E-state index in [0.29, 0.717) is 5.69 Å². The molecule has 7 heteroatoms. The van der Waals surface area contributed by atoms with E-state index in [2.05, 4.69) is 15.4 Å². The molecule has 2 rings (SSSR count). The standard InChI is InChI=1S/C19H25N3O3S/c1-13(2)22-26(24,25)18-10-8-16(9-11-18)21-19(23)15(4)20-17-7-5-6-14(3)12-17/h5-13,15,20,22H,1-4H3,(H,21,23)/t15-/m1/s1. The highest BCUT2D eigenvalue weighted by molar-refractivity contribution is 7.89. The molecule has 2 aromatic carbocycles. The number of rotatable bonds is 7. The maximum absolute atomic E-state index is 12.3. The Kier molecular flexibility index (Phi) is 6.39. The van der Waals surface area contributed by atoms with Crippen molar-refractivity contribution in [3.05, 3.63) is 54.1 Å². The van der Waals surface area contributed by atoms with Crippen LogP contribution >= 0.6 is 0 Å². The van der Waals surface area contributed by atoms with Crippen LogP contribution in [0.5, 0.6) is 0 Å². The third kappa shape index (κ3) is 5.57. The van der Waals surface area contributed by atoms with E-state index in [1.54, 1.807) is 32.9 Å². The van der Waals surface area contributed by atoms with Gasteiger partial charge in [0, 0.05) is 17.4 Å². The summed E-state index contributed by atoms with van der Waals surface area (Å²) in [6.45, 7) is 7.27. The molecule has 0 fully saturated rings. The molecule has 0 heterocycles. The number of nitrogens with one attached hydrogen (secondary N) is 3. The minimum atomic E-state index is -3.54. The van der Waals surface area contributed by atoms with Crippen molar-refractivity contribution >= 4 is 27.3 Å². The van der Waals surface area contributed by atoms with Crippen molar-refractivity contribution in [2.24, 2.45) is 0 Å². The second-order valence-corrected chi connectivity index (χ2v) is 8.24. The number of aryl methyl sites for hydroxylation is 1. The summed E-state index contributed by atoms with van der Waals surface area (Å²) in [5.74, 6) is -0.206. The molecule has 3 N–H and O–H groups in total. The number of hydrogen-bond donors (Lipinski definition) is 3. The summed E-state index contributed by atoms with van der Waals surface area (Å²) in [5.41, 5.74) is 2.51. The van der Waals surface area contributed by atoms with Crippen LogP contribution in [0.3, 0.4) is 0 Å². The van der Waals surface area contributed by atoms with Gasteiger partial charge in [0.05, 0.1) is 4.90 Å². The number of carbonyl (C=O) groups excluding carboxylic acids is 1. The van der Waals surface area contributed by atoms with E-state index in [1.807, 2.05) is 31.2 Å². The zero-order valence-electron chi connectivity index (χ0n) is 15.4. The van der Waals surface area contributed by atoms with Crippen LogP contribution in [-0.2, 0) is 14.8 Å². The summed E-state index contributed by atoms with van der Waals surface area (Å²) in [6, 6.07) is 13.2. The summed E-state index contributed by atoms with van der Waals surface area (Å²) >= 11 is 0. The van der Waals surface area contributed by atoms with Crippen molar-refractivity contribution in [3.63, 3.8) is 0 Å². The molecule has 140 valence electrons. The molecule has 0 aromatic heterocycles. The molecule has 0 aliphatic heterocycles. The first-order valence-corrected chi connectivity index (χ1v) is 9.92. The van der Waals surface area contributed by atoms with E-state index >= 15 is 0 Å². The Morgan fingerprint density at radius 1 is 0.962 bits per heavy atom. The summed E-state index contributed by atoms with van der Waals surface area (Å²) in [6.07, 6.45) is 0. The van der Waals surface area contributed by atoms with Crippen LogP contribution in [0.4, 0.5) is 11.4 Å². The highest BCUT2D eigenvalue weighted by atomic mass is 32.2. The quantitative estimate of drug-likeness (QED) is 0.694. The van der Waals surface area contributed by atoms with Crippen LogP contribution in [-0.4, -0.2) is 26.4 Å². The molecule has 0 radical (unpaired) electrons. The highest BCUT2D eigenvalue weighted by Gasteiger charge is 2.16. The highest BCUT2D eigenvalue weighted by Crippen LogP contribution is 2.16. The Hall–Kier alpha value is -2.38. The van der Waals surface area contributed by atoms with Gasteiger partial charge in [-0.2, -0.15) is 0 Å². The Labute approximate surface area is 155 Å². The van der Waals surface area contributed by atoms with Crippen LogP contribution in [0.2, 0.25) is 0 Å². The van der Waals surface area contributed by atoms with Gasteiger partial charge in [0.15, 0.2) is 0 Å². The first-order valence-electron chi connectivity index (χ1n) is 8.44. The number of carbonyl (C=O) groups is 1. The second kappa shape index (κ2) is 8.33. The zero-order valence-corrected chi connectivity index (χ0v) is 16.2. The van der Waals surface area contributed by atoms with Crippen LogP contribution in [0, 0.1) is 6.92 Å². The molecule has 0 bridgehead atoms. The van der Waals surface area contributed by atoms with Crippen LogP contribution in [0.15, 0.2) is 53.4 Å². The average Bonchev–Trinajstić information content (AvgIpc) is 2.54. The third-order valence-corrected chi connectivity index (χ3v) is 5.29. The number of sulfonamides is 1. The molecule has 2 aromatic rings. The topological polar surface area (TPSA) is 87.3 Å². The molecule has 1 atom stereocenters. The molecule has 0 saturated heterocycles. The summed E-state index contributed by atoms with van der Waals surface area (Å²) in [7, 11) is -3.54. The predicted octanol–water partition coefficient (Wildman–Crippen LogP) is 3.12. The lowest BCUT2D eigenvalue weighted by Crippen LogP contribution is -2.32. The minimum absolute atomic E-state index is 0.162. The molecular weight excluding hydrogens is 350 g/mol. The first-order chi connectivity index (χ1) is 12.2. The fourth-order valence-electron chi connectivity index (χ4n) is 2.40. The van der Waals surface area contributed by atoms with E-state index in [-0.39, 0.29) is 16.8 Å². The number of anilines is 2. The minimum Gasteiger partial charge on any atom is -0.374 e. The van der Waals surface area contributed by atoms with Gasteiger partial charge in [-0.15, -0.1) is 0 Å². The second-order valence-electron chi connectivity index (χ2n) is 6.53. The lowest BCUT2D eigenvalue weighted by Gasteiger charge is -2.16. The van der Waals surface area contributed by atoms with Gasteiger partial charge in [-0.25, -0.2) is 13.1 Å². The van der Waals surface area contributed by atoms with Crippen LogP contribution in [0.1, 0.15) is 26.3 Å². The average molecular weight is 375 g/mol. The van der Waals surface area contributed by atoms with Crippen molar-refractivity contribution in [1.29, 1.82) is 0 Å². The molecule has 6 nitrogen and oxygen atoms in total. The largest absolute Gasteiger partial charge is 0.374 e. The normalized spacial score (nSPS) is 12.7. The third-order valence-electron chi connectivity index (χ3n) is 3.62. The van der Waals surface area contributed by atoms with Crippen molar-refractivity contribution in [2.45, 2.75) is 44.7 Å². The number of hydrogen-bond acceptors (Lipinski definition) is 4. The van der Waals surface area contributed by atoms with Crippen molar-refractivity contribution in [3.8, 4) is 0 Å². The smallest absolute Gasteiger partial charge is 0.246 e. The van der Waals surface area contributed by atoms with Gasteiger partial charge in [0.2, 0.25) is 15.9 Å². The molecular formula is C19H25N3O3S. The maximum atomic E-state index is 12.3. The van der Waals surface area contributed by atoms with Crippen molar-refractivity contribution < 1.29 is 13.2 Å². The first kappa shape index (κ1) is 19.9. The molecule has 0 saturated carbocycles. The van der Waals surface area contributed by atoms with Gasteiger partial charge < -0.3 is 10.6 Å². The lowest BCUT2D eigenvalue weighted by atomic mass is 10.2. The van der Waals surface area contributed by atoms with Gasteiger partial charge in [0.1, 0.15) is 6.04 Å². The van der Waals surface area contributed by atoms with Crippen LogP contribution in [0.25, 0.3) is 0 Å². The van der Waals surface area contributed by atoms with Gasteiger partial charge in [-0.1, -0.05) is 12.1 Å². The number of benzene rings is 2. The van der Waals surface area contributed by atoms with Gasteiger partial charge in [0.25, 0.3) is 0 Å². The molecule has 26 heavy (non-hydrogen) atoms. The Balaban J connectivity index is 2.00. The zero-order chi connectivity index (χ0) is 19.3. The van der Waals surface area contributed by atoms with E-state index in [9.17, 15) is 13.2 Å². The lowest BCUT2D eigenvalue weighted by molar-refractivity contribution is -0.116. The van der Waals surface area contributed by atoms with E-state index in [4.69, 9.17) is 0 Å². The van der Waals surface area contributed by atoms with Crippen LogP contribution < -0.4 is 15.4 Å². The molecule has 0 aliphatic rings. The van der Waals surface area contributed by atoms with Crippen molar-refractivity contribution in [2.75, 3.05) is 10.6 Å². The number of amides is 1. The maximum Gasteiger partial charge on any atom is 0.246 e. The molecule has 0 aliphatic carbocycles. The molecule has 0 spiro atoms. The predicted molar refractivity (Wildman–Crippen MR) is 105 cm³/mol. The summed E-state index contributed by atoms with van der Waals surface area (Å²) < 4.78 is 26.7. The summed E-state index contributed by atoms with van der Waals surface area (Å²) in [4.78, 5) is 12.5. The Morgan fingerprint density at radius 3 is 2.19 bits per heavy atom. The molecule has 1 amide bonds. The van der Waals surface area contributed by atoms with E-state index in [0.717, 1.165) is 11.3 Å². The monoisotopic (exact) mass is 375 g/mol. The Morgan fingerprint density at radius 2 is 1.62 bits per heavy atom. The molecule has 0 unspecified atom stereocenters. The fourth-order valence-corrected chi connectivity index (χ4v) is 3.65. The SMILES string of the molecule is Cc1cccc(N[C@H](C)C(=O)Nc2ccc(S(=O)(=O)NC(C)C)cc2)c1. The van der Waals surface area contributed by atoms with Gasteiger partial charge in [-0.3, -0.25) is 4.79 Å². The Bertz CT molecular complexity index is 862. The van der Waals surface area contributed by atoms with E-state index < -0.39 is 16.1 Å². The fraction of sp³-hybridized carbons (Fsp3) is 0.316. The van der Waals surface area contributed by atoms with E-state index in [1.165, 1.54) is 12.1 Å². The summed E-state index contributed by atoms with van der Waals surface area (Å²) in [5, 5.41) is 5.92. The van der Waals surface area contributed by atoms with Gasteiger partial charge >= 0.3 is 0 Å². The van der Waals surface area contributed by atoms with Gasteiger partial charge in [-0.05, 0) is 69.7 Å². The van der Waals surface area contributed by atoms with Crippen molar-refractivity contribution in [1.82, 2.24) is 4.72 Å².